The van der Waals surface area contributed by atoms with Crippen molar-refractivity contribution in [3.63, 3.8) is 0 Å². The van der Waals surface area contributed by atoms with E-state index in [1.165, 1.54) is 17.0 Å². The lowest BCUT2D eigenvalue weighted by Gasteiger charge is -2.21. The summed E-state index contributed by atoms with van der Waals surface area (Å²) in [6.07, 6.45) is -0.388. The van der Waals surface area contributed by atoms with Crippen molar-refractivity contribution in [3.05, 3.63) is 24.3 Å². The third-order valence-electron chi connectivity index (χ3n) is 3.34. The number of hydrogen-bond donors (Lipinski definition) is 2. The van der Waals surface area contributed by atoms with Crippen LogP contribution in [0.15, 0.2) is 29.2 Å². The summed E-state index contributed by atoms with van der Waals surface area (Å²) in [7, 11) is -3.78. The summed E-state index contributed by atoms with van der Waals surface area (Å²) in [6, 6.07) is 6.19. The number of amides is 2. The molecule has 1 aliphatic heterocycles. The zero-order valence-corrected chi connectivity index (χ0v) is 15.4. The van der Waals surface area contributed by atoms with Crippen molar-refractivity contribution in [3.8, 4) is 0 Å². The summed E-state index contributed by atoms with van der Waals surface area (Å²) >= 11 is 0. The SMILES string of the molecule is CC(C)(C)NS(=O)(=O)c1ccccc1NC(=O)CCN1CCOC1=O. The molecular weight excluding hydrogens is 346 g/mol. The van der Waals surface area contributed by atoms with Gasteiger partial charge in [0.2, 0.25) is 15.9 Å². The van der Waals surface area contributed by atoms with Gasteiger partial charge in [0.05, 0.1) is 12.2 Å². The van der Waals surface area contributed by atoms with Gasteiger partial charge in [-0.25, -0.2) is 17.9 Å². The molecule has 1 saturated heterocycles. The van der Waals surface area contributed by atoms with Crippen LogP contribution in [-0.2, 0) is 19.6 Å². The number of para-hydroxylation sites is 1. The van der Waals surface area contributed by atoms with Crippen LogP contribution >= 0.6 is 0 Å². The molecule has 0 radical (unpaired) electrons. The van der Waals surface area contributed by atoms with Crippen LogP contribution in [0.25, 0.3) is 0 Å². The lowest BCUT2D eigenvalue weighted by atomic mass is 10.1. The Hall–Kier alpha value is -2.13. The predicted molar refractivity (Wildman–Crippen MR) is 92.7 cm³/mol. The number of cyclic esters (lactones) is 1. The fraction of sp³-hybridized carbons (Fsp3) is 0.500. The van der Waals surface area contributed by atoms with E-state index in [0.29, 0.717) is 13.2 Å². The van der Waals surface area contributed by atoms with Gasteiger partial charge in [-0.1, -0.05) is 12.1 Å². The summed E-state index contributed by atoms with van der Waals surface area (Å²) in [6.45, 7) is 6.20. The summed E-state index contributed by atoms with van der Waals surface area (Å²) in [4.78, 5) is 24.9. The highest BCUT2D eigenvalue weighted by atomic mass is 32.2. The van der Waals surface area contributed by atoms with Gasteiger partial charge in [0.25, 0.3) is 0 Å². The molecule has 0 aromatic heterocycles. The first-order chi connectivity index (χ1) is 11.6. The van der Waals surface area contributed by atoms with Gasteiger partial charge in [-0.05, 0) is 32.9 Å². The van der Waals surface area contributed by atoms with Gasteiger partial charge in [0, 0.05) is 18.5 Å². The molecule has 1 fully saturated rings. The average Bonchev–Trinajstić information content (AvgIpc) is 2.88. The number of nitrogens with one attached hydrogen (secondary N) is 2. The molecule has 9 heteroatoms. The van der Waals surface area contributed by atoms with Gasteiger partial charge in [-0.3, -0.25) is 4.79 Å². The Morgan fingerprint density at radius 3 is 2.56 bits per heavy atom. The second kappa shape index (κ2) is 7.40. The molecule has 8 nitrogen and oxygen atoms in total. The van der Waals surface area contributed by atoms with E-state index in [9.17, 15) is 18.0 Å². The molecule has 0 atom stereocenters. The third-order valence-corrected chi connectivity index (χ3v) is 5.16. The van der Waals surface area contributed by atoms with E-state index >= 15 is 0 Å². The molecule has 25 heavy (non-hydrogen) atoms. The Morgan fingerprint density at radius 1 is 1.28 bits per heavy atom. The second-order valence-electron chi connectivity index (χ2n) is 6.75. The normalized spacial score (nSPS) is 15.2. The lowest BCUT2D eigenvalue weighted by Crippen LogP contribution is -2.40. The van der Waals surface area contributed by atoms with E-state index in [1.807, 2.05) is 0 Å². The molecule has 1 aliphatic rings. The van der Waals surface area contributed by atoms with Crippen LogP contribution in [0.4, 0.5) is 10.5 Å². The second-order valence-corrected chi connectivity index (χ2v) is 8.40. The number of anilines is 1. The Bertz CT molecular complexity index is 755. The Labute approximate surface area is 147 Å². The van der Waals surface area contributed by atoms with Crippen LogP contribution in [0.2, 0.25) is 0 Å². The predicted octanol–water partition coefficient (Wildman–Crippen LogP) is 1.54. The molecule has 1 aromatic rings. The zero-order chi connectivity index (χ0) is 18.7. The molecular formula is C16H23N3O5S. The average molecular weight is 369 g/mol. The van der Waals surface area contributed by atoms with Gasteiger partial charge in [0.15, 0.2) is 0 Å². The Morgan fingerprint density at radius 2 is 1.96 bits per heavy atom. The molecule has 0 aliphatic carbocycles. The van der Waals surface area contributed by atoms with E-state index in [4.69, 9.17) is 4.74 Å². The third kappa shape index (κ3) is 5.43. The maximum atomic E-state index is 12.5. The maximum absolute atomic E-state index is 12.5. The molecule has 2 amide bonds. The minimum atomic E-state index is -3.78. The lowest BCUT2D eigenvalue weighted by molar-refractivity contribution is -0.116. The van der Waals surface area contributed by atoms with E-state index in [0.717, 1.165) is 0 Å². The number of hydrogen-bond acceptors (Lipinski definition) is 5. The van der Waals surface area contributed by atoms with Gasteiger partial charge in [-0.2, -0.15) is 0 Å². The highest BCUT2D eigenvalue weighted by Crippen LogP contribution is 2.22. The monoisotopic (exact) mass is 369 g/mol. The fourth-order valence-electron chi connectivity index (χ4n) is 2.34. The highest BCUT2D eigenvalue weighted by Gasteiger charge is 2.26. The van der Waals surface area contributed by atoms with Crippen LogP contribution < -0.4 is 10.0 Å². The van der Waals surface area contributed by atoms with Crippen molar-refractivity contribution in [1.29, 1.82) is 0 Å². The smallest absolute Gasteiger partial charge is 0.409 e. The van der Waals surface area contributed by atoms with Crippen LogP contribution in [0.5, 0.6) is 0 Å². The number of benzene rings is 1. The van der Waals surface area contributed by atoms with Crippen molar-refractivity contribution in [2.24, 2.45) is 0 Å². The number of carbonyl (C=O) groups excluding carboxylic acids is 2. The molecule has 0 saturated carbocycles. The van der Waals surface area contributed by atoms with Gasteiger partial charge in [-0.15, -0.1) is 0 Å². The summed E-state index contributed by atoms with van der Waals surface area (Å²) < 4.78 is 32.4. The van der Waals surface area contributed by atoms with Gasteiger partial charge in [0.1, 0.15) is 11.5 Å². The Balaban J connectivity index is 2.07. The standard InChI is InChI=1S/C16H23N3O5S/c1-16(2,3)18-25(22,23)13-7-5-4-6-12(13)17-14(20)8-9-19-10-11-24-15(19)21/h4-7,18H,8-11H2,1-3H3,(H,17,20). The molecule has 1 heterocycles. The topological polar surface area (TPSA) is 105 Å². The van der Waals surface area contributed by atoms with Crippen molar-refractivity contribution in [1.82, 2.24) is 9.62 Å². The summed E-state index contributed by atoms with van der Waals surface area (Å²) in [5.74, 6) is -0.377. The van der Waals surface area contributed by atoms with Gasteiger partial charge >= 0.3 is 6.09 Å². The quantitative estimate of drug-likeness (QED) is 0.791. The minimum Gasteiger partial charge on any atom is -0.448 e. The van der Waals surface area contributed by atoms with E-state index < -0.39 is 21.7 Å². The zero-order valence-electron chi connectivity index (χ0n) is 14.5. The number of rotatable bonds is 6. The van der Waals surface area contributed by atoms with Crippen LogP contribution in [0, 0.1) is 0 Å². The van der Waals surface area contributed by atoms with Crippen LogP contribution in [0.1, 0.15) is 27.2 Å². The Kier molecular flexibility index (Phi) is 5.69. The van der Waals surface area contributed by atoms with E-state index in [1.54, 1.807) is 32.9 Å². The van der Waals surface area contributed by atoms with Crippen LogP contribution in [0.3, 0.4) is 0 Å². The largest absolute Gasteiger partial charge is 0.448 e. The molecule has 2 rings (SSSR count). The summed E-state index contributed by atoms with van der Waals surface area (Å²) in [5.41, 5.74) is -0.445. The molecule has 1 aromatic carbocycles. The van der Waals surface area contributed by atoms with Crippen molar-refractivity contribution in [2.75, 3.05) is 25.0 Å². The summed E-state index contributed by atoms with van der Waals surface area (Å²) in [5, 5.41) is 2.60. The molecule has 0 bridgehead atoms. The van der Waals surface area contributed by atoms with Gasteiger partial charge < -0.3 is 15.0 Å². The number of carbonyl (C=O) groups is 2. The van der Waals surface area contributed by atoms with Crippen molar-refractivity contribution < 1.29 is 22.7 Å². The maximum Gasteiger partial charge on any atom is 0.409 e. The minimum absolute atomic E-state index is 0.00106. The number of nitrogens with zero attached hydrogens (tertiary/aromatic N) is 1. The van der Waals surface area contributed by atoms with E-state index in [2.05, 4.69) is 10.0 Å². The number of sulfonamides is 1. The first kappa shape index (κ1) is 19.2. The molecule has 0 spiro atoms. The molecule has 138 valence electrons. The van der Waals surface area contributed by atoms with Crippen molar-refractivity contribution >= 4 is 27.7 Å². The fourth-order valence-corrected chi connectivity index (χ4v) is 3.92. The first-order valence-electron chi connectivity index (χ1n) is 7.93. The molecule has 2 N–H and O–H groups in total. The van der Waals surface area contributed by atoms with E-state index in [-0.39, 0.29) is 29.5 Å². The van der Waals surface area contributed by atoms with Crippen LogP contribution in [-0.4, -0.2) is 50.6 Å². The van der Waals surface area contributed by atoms with Crippen molar-refractivity contribution in [2.45, 2.75) is 37.6 Å². The highest BCUT2D eigenvalue weighted by molar-refractivity contribution is 7.89. The number of ether oxygens (including phenoxy) is 1. The molecule has 0 unspecified atom stereocenters. The first-order valence-corrected chi connectivity index (χ1v) is 9.41.